The number of allylic oxidation sites excluding steroid dienone is 9. The smallest absolute Gasteiger partial charge is 0.462 e. The number of phosphoric acid groups is 2. The van der Waals surface area contributed by atoms with Crippen LogP contribution in [0.4, 0.5) is 5.82 Å². The molecule has 1 saturated heterocycles. The first-order valence-corrected chi connectivity index (χ1v) is 28.4. The van der Waals surface area contributed by atoms with Crippen LogP contribution < -0.4 is 11.4 Å². The molecule has 21 heteroatoms. The third-order valence-electron chi connectivity index (χ3n) is 11.2. The van der Waals surface area contributed by atoms with Gasteiger partial charge in [-0.3, -0.25) is 23.2 Å². The van der Waals surface area contributed by atoms with Gasteiger partial charge in [-0.05, 0) is 70.3 Å². The van der Waals surface area contributed by atoms with E-state index in [1.54, 1.807) is 6.08 Å². The van der Waals surface area contributed by atoms with Crippen LogP contribution in [-0.4, -0.2) is 96.9 Å². The van der Waals surface area contributed by atoms with Crippen molar-refractivity contribution in [1.82, 2.24) is 9.55 Å². The van der Waals surface area contributed by atoms with Crippen molar-refractivity contribution < 1.29 is 71.4 Å². The van der Waals surface area contributed by atoms with Crippen molar-refractivity contribution in [1.29, 1.82) is 0 Å². The molecule has 0 aromatic carbocycles. The van der Waals surface area contributed by atoms with Crippen molar-refractivity contribution in [2.45, 2.75) is 198 Å². The van der Waals surface area contributed by atoms with Crippen LogP contribution in [0.1, 0.15) is 168 Å². The Morgan fingerprint density at radius 3 is 2.01 bits per heavy atom. The number of carbonyl (C=O) groups is 2. The molecule has 1 aromatic rings. The molecule has 0 aliphatic carbocycles. The lowest BCUT2D eigenvalue weighted by Gasteiger charge is -2.21. The molecular weight excluding hydrogens is 961 g/mol. The van der Waals surface area contributed by atoms with E-state index in [1.807, 2.05) is 42.5 Å². The SMILES string of the molecule is CCCCCCCC/C=C\CCCCCCCC(=O)OC[C@H](COP(=O)(O)OP(=O)(O)OC[C@H]1O[C@@H](n2ccc(N)nc2=O)[C@H](O)[C@@H]1O)OC(=O)CCC/C=C\C/C=C\C/C=C\C=C\[C@@H](O)CCCCC. The summed E-state index contributed by atoms with van der Waals surface area (Å²) in [6.07, 6.45) is 33.5. The minimum Gasteiger partial charge on any atom is -0.462 e. The predicted molar refractivity (Wildman–Crippen MR) is 272 cm³/mol. The summed E-state index contributed by atoms with van der Waals surface area (Å²) in [6.45, 7) is 1.95. The zero-order valence-corrected chi connectivity index (χ0v) is 43.7. The molecule has 0 amide bonds. The molecule has 8 atom stereocenters. The molecule has 1 aromatic heterocycles. The lowest BCUT2D eigenvalue weighted by atomic mass is 10.1. The number of phosphoric ester groups is 2. The van der Waals surface area contributed by atoms with Crippen LogP contribution in [0.25, 0.3) is 0 Å². The van der Waals surface area contributed by atoms with E-state index in [9.17, 15) is 48.6 Å². The normalized spacial score (nSPS) is 20.1. The molecule has 0 bridgehead atoms. The lowest BCUT2D eigenvalue weighted by Crippen LogP contribution is -2.36. The fourth-order valence-electron chi connectivity index (χ4n) is 7.17. The molecule has 0 spiro atoms. The molecule has 19 nitrogen and oxygen atoms in total. The van der Waals surface area contributed by atoms with E-state index in [2.05, 4.69) is 35.3 Å². The molecule has 0 radical (unpaired) electrons. The van der Waals surface area contributed by atoms with Gasteiger partial charge in [0.05, 0.1) is 19.3 Å². The highest BCUT2D eigenvalue weighted by atomic mass is 31.3. The molecular formula is C50H83N3O16P2. The molecule has 0 saturated carbocycles. The van der Waals surface area contributed by atoms with Gasteiger partial charge in [0, 0.05) is 19.0 Å². The molecule has 2 heterocycles. The second kappa shape index (κ2) is 38.1. The standard InChI is InChI=1S/C50H83N3O16P2/c1-3-5-7-8-9-10-11-12-13-14-17-20-23-26-30-34-45(55)64-38-42(67-46(56)35-31-27-24-21-18-15-16-19-22-25-29-33-41(54)32-28-6-4-2)39-65-70(60,61)69-71(62,63)66-40-43-47(57)48(58)49(68-43)53-37-36-44(51)52-50(53)59/h12-13,15-16,21-22,24-25,29,33,36-37,41-43,47-49,54,57-58H,3-11,14,17-20,23,26-28,30-32,34-35,38-40H2,1-2H3,(H,60,61)(H,62,63)(H2,51,52,59)/b13-12-,16-15-,24-21-,25-22-,33-29+/t41-,42+,43+,47+,48+,49+/m0/s1. The largest absolute Gasteiger partial charge is 0.481 e. The quantitative estimate of drug-likeness (QED) is 0.0117. The number of nitrogens with zero attached hydrogens (tertiary/aromatic N) is 2. The van der Waals surface area contributed by atoms with Gasteiger partial charge in [0.2, 0.25) is 0 Å². The second-order valence-electron chi connectivity index (χ2n) is 17.5. The highest BCUT2D eigenvalue weighted by Gasteiger charge is 2.46. The maximum Gasteiger partial charge on any atom is 0.481 e. The number of aromatic nitrogens is 2. The fraction of sp³-hybridized carbons (Fsp3) is 0.680. The van der Waals surface area contributed by atoms with E-state index >= 15 is 0 Å². The first-order chi connectivity index (χ1) is 34.1. The van der Waals surface area contributed by atoms with Crippen molar-refractivity contribution in [3.8, 4) is 0 Å². The number of nitrogen functional groups attached to an aromatic ring is 1. The Balaban J connectivity index is 1.85. The van der Waals surface area contributed by atoms with Crippen molar-refractivity contribution >= 4 is 33.4 Å². The number of anilines is 1. The average molecular weight is 1040 g/mol. The number of rotatable bonds is 41. The molecule has 7 N–H and O–H groups in total. The van der Waals surface area contributed by atoms with Crippen molar-refractivity contribution in [2.24, 2.45) is 0 Å². The van der Waals surface area contributed by atoms with E-state index in [-0.39, 0.29) is 18.7 Å². The van der Waals surface area contributed by atoms with Crippen LogP contribution in [0, 0.1) is 0 Å². The molecule has 1 aliphatic heterocycles. The van der Waals surface area contributed by atoms with Gasteiger partial charge in [-0.25, -0.2) is 13.9 Å². The van der Waals surface area contributed by atoms with Crippen LogP contribution in [-0.2, 0) is 46.3 Å². The van der Waals surface area contributed by atoms with E-state index in [0.717, 1.165) is 81.4 Å². The maximum atomic E-state index is 12.8. The van der Waals surface area contributed by atoms with E-state index in [4.69, 9.17) is 29.0 Å². The van der Waals surface area contributed by atoms with Crippen LogP contribution in [0.3, 0.4) is 0 Å². The number of nitrogens with two attached hydrogens (primary N) is 1. The summed E-state index contributed by atoms with van der Waals surface area (Å²) in [5.41, 5.74) is 4.58. The first-order valence-electron chi connectivity index (χ1n) is 25.4. The minimum atomic E-state index is -5.45. The van der Waals surface area contributed by atoms with Crippen LogP contribution in [0.15, 0.2) is 77.8 Å². The monoisotopic (exact) mass is 1040 g/mol. The van der Waals surface area contributed by atoms with Gasteiger partial charge in [0.1, 0.15) is 30.7 Å². The highest BCUT2D eigenvalue weighted by molar-refractivity contribution is 7.61. The summed E-state index contributed by atoms with van der Waals surface area (Å²) in [5, 5.41) is 30.8. The van der Waals surface area contributed by atoms with Crippen LogP contribution in [0.2, 0.25) is 0 Å². The number of carbonyl (C=O) groups excluding carboxylic acids is 2. The van der Waals surface area contributed by atoms with Gasteiger partial charge in [-0.15, -0.1) is 0 Å². The molecule has 1 fully saturated rings. The highest BCUT2D eigenvalue weighted by Crippen LogP contribution is 2.60. The summed E-state index contributed by atoms with van der Waals surface area (Å²) >= 11 is 0. The van der Waals surface area contributed by atoms with E-state index in [1.165, 1.54) is 44.6 Å². The summed E-state index contributed by atoms with van der Waals surface area (Å²) in [7, 11) is -10.9. The number of hydrogen-bond donors (Lipinski definition) is 6. The van der Waals surface area contributed by atoms with Gasteiger partial charge < -0.3 is 45.1 Å². The van der Waals surface area contributed by atoms with Crippen LogP contribution in [0.5, 0.6) is 0 Å². The van der Waals surface area contributed by atoms with Crippen molar-refractivity contribution in [3.63, 3.8) is 0 Å². The number of aliphatic hydroxyl groups is 3. The zero-order chi connectivity index (χ0) is 52.2. The predicted octanol–water partition coefficient (Wildman–Crippen LogP) is 9.30. The Kier molecular flexibility index (Phi) is 34.1. The maximum absolute atomic E-state index is 12.8. The average Bonchev–Trinajstić information content (AvgIpc) is 3.60. The van der Waals surface area contributed by atoms with Gasteiger partial charge in [-0.1, -0.05) is 145 Å². The fourth-order valence-corrected chi connectivity index (χ4v) is 9.29. The Morgan fingerprint density at radius 2 is 1.32 bits per heavy atom. The summed E-state index contributed by atoms with van der Waals surface area (Å²) in [5.74, 6) is -1.41. The van der Waals surface area contributed by atoms with E-state index in [0.29, 0.717) is 25.7 Å². The minimum absolute atomic E-state index is 0.0494. The summed E-state index contributed by atoms with van der Waals surface area (Å²) < 4.78 is 56.7. The van der Waals surface area contributed by atoms with Gasteiger partial charge in [0.25, 0.3) is 0 Å². The van der Waals surface area contributed by atoms with Gasteiger partial charge in [0.15, 0.2) is 12.3 Å². The third-order valence-corrected chi connectivity index (χ3v) is 13.8. The summed E-state index contributed by atoms with van der Waals surface area (Å²) in [4.78, 5) is 61.9. The molecule has 71 heavy (non-hydrogen) atoms. The van der Waals surface area contributed by atoms with E-state index < -0.39 is 89.8 Å². The molecule has 404 valence electrons. The Hall–Kier alpha value is -3.58. The van der Waals surface area contributed by atoms with Crippen LogP contribution >= 0.6 is 15.6 Å². The van der Waals surface area contributed by atoms with Crippen molar-refractivity contribution in [2.75, 3.05) is 25.6 Å². The molecule has 2 rings (SSSR count). The Labute approximate surface area is 420 Å². The third kappa shape index (κ3) is 30.9. The lowest BCUT2D eigenvalue weighted by molar-refractivity contribution is -0.161. The number of ether oxygens (including phenoxy) is 3. The zero-order valence-electron chi connectivity index (χ0n) is 41.9. The summed E-state index contributed by atoms with van der Waals surface area (Å²) in [6, 6.07) is 1.24. The number of unbranched alkanes of at least 4 members (excludes halogenated alkanes) is 14. The number of hydrogen-bond acceptors (Lipinski definition) is 16. The Morgan fingerprint density at radius 1 is 0.746 bits per heavy atom. The second-order valence-corrected chi connectivity index (χ2v) is 20.6. The van der Waals surface area contributed by atoms with Gasteiger partial charge >= 0.3 is 33.3 Å². The first kappa shape index (κ1) is 63.5. The molecule has 1 aliphatic rings. The van der Waals surface area contributed by atoms with Gasteiger partial charge in [-0.2, -0.15) is 9.29 Å². The Bertz CT molecular complexity index is 1940. The number of aliphatic hydroxyl groups excluding tert-OH is 3. The molecule has 2 unspecified atom stereocenters. The van der Waals surface area contributed by atoms with Crippen molar-refractivity contribution in [3.05, 3.63) is 83.5 Å². The topological polar surface area (TPSA) is 286 Å². The number of esters is 2.